The van der Waals surface area contributed by atoms with Crippen LogP contribution in [0, 0.1) is 5.92 Å². The Morgan fingerprint density at radius 3 is 2.00 bits per heavy atom. The molecule has 0 saturated carbocycles. The Kier molecular flexibility index (Phi) is 13.0. The van der Waals surface area contributed by atoms with E-state index in [9.17, 15) is 0 Å². The maximum absolute atomic E-state index is 4.23. The third-order valence-electron chi connectivity index (χ3n) is 3.52. The molecule has 0 aromatic heterocycles. The van der Waals surface area contributed by atoms with Gasteiger partial charge in [0, 0.05) is 6.54 Å². The lowest BCUT2D eigenvalue weighted by molar-refractivity contribution is 0.276. The Balaban J connectivity index is 3.16. The van der Waals surface area contributed by atoms with Crippen LogP contribution in [-0.4, -0.2) is 30.8 Å². The Morgan fingerprint density at radius 1 is 0.941 bits per heavy atom. The van der Waals surface area contributed by atoms with Crippen molar-refractivity contribution in [2.45, 2.75) is 65.2 Å². The van der Waals surface area contributed by atoms with Gasteiger partial charge in [-0.1, -0.05) is 52.4 Å². The molecule has 0 aliphatic rings. The highest BCUT2D eigenvalue weighted by atomic mass is 32.1. The number of thiol groups is 1. The highest BCUT2D eigenvalue weighted by Gasteiger charge is 2.03. The van der Waals surface area contributed by atoms with E-state index in [2.05, 4.69) is 38.4 Å². The molecule has 0 N–H and O–H groups in total. The van der Waals surface area contributed by atoms with Crippen molar-refractivity contribution in [2.24, 2.45) is 5.92 Å². The van der Waals surface area contributed by atoms with Crippen molar-refractivity contribution >= 4 is 12.6 Å². The van der Waals surface area contributed by atoms with Crippen LogP contribution in [0.1, 0.15) is 65.2 Å². The summed E-state index contributed by atoms with van der Waals surface area (Å²) in [5.41, 5.74) is 0. The molecule has 0 spiro atoms. The van der Waals surface area contributed by atoms with Crippen LogP contribution in [0.25, 0.3) is 0 Å². The van der Waals surface area contributed by atoms with Crippen LogP contribution >= 0.6 is 12.6 Å². The fraction of sp³-hybridized carbons (Fsp3) is 1.00. The van der Waals surface area contributed by atoms with Gasteiger partial charge in [0.2, 0.25) is 0 Å². The zero-order valence-electron chi connectivity index (χ0n) is 12.2. The summed E-state index contributed by atoms with van der Waals surface area (Å²) >= 11 is 4.23. The van der Waals surface area contributed by atoms with E-state index in [1.54, 1.807) is 0 Å². The molecule has 2 heteroatoms. The molecule has 0 aromatic carbocycles. The van der Waals surface area contributed by atoms with Crippen LogP contribution in [-0.2, 0) is 0 Å². The summed E-state index contributed by atoms with van der Waals surface area (Å²) in [5, 5.41) is 0. The van der Waals surface area contributed by atoms with Crippen LogP contribution < -0.4 is 0 Å². The normalized spacial score (nSPS) is 13.2. The predicted octanol–water partition coefficient (Wildman–Crippen LogP) is 4.62. The molecule has 17 heavy (non-hydrogen) atoms. The maximum atomic E-state index is 4.23. The van der Waals surface area contributed by atoms with Gasteiger partial charge in [-0.05, 0) is 38.1 Å². The Bertz CT molecular complexity index is 150. The molecular weight excluding hydrogens is 226 g/mol. The highest BCUT2D eigenvalue weighted by Crippen LogP contribution is 2.09. The zero-order chi connectivity index (χ0) is 12.9. The van der Waals surface area contributed by atoms with E-state index >= 15 is 0 Å². The summed E-state index contributed by atoms with van der Waals surface area (Å²) in [6.07, 6.45) is 11.0. The lowest BCUT2D eigenvalue weighted by Crippen LogP contribution is -2.25. The molecule has 0 amide bonds. The van der Waals surface area contributed by atoms with Gasteiger partial charge in [0.25, 0.3) is 0 Å². The molecule has 0 radical (unpaired) electrons. The van der Waals surface area contributed by atoms with Gasteiger partial charge in [-0.15, -0.1) is 0 Å². The minimum atomic E-state index is 0.848. The first-order valence-electron chi connectivity index (χ1n) is 7.50. The Hall–Kier alpha value is 0.310. The third kappa shape index (κ3) is 12.6. The van der Waals surface area contributed by atoms with Gasteiger partial charge in [-0.2, -0.15) is 12.6 Å². The van der Waals surface area contributed by atoms with E-state index in [0.29, 0.717) is 0 Å². The van der Waals surface area contributed by atoms with Crippen molar-refractivity contribution in [3.8, 4) is 0 Å². The first-order chi connectivity index (χ1) is 8.20. The number of unbranched alkanes of at least 4 members (excludes halogenated alkanes) is 6. The quantitative estimate of drug-likeness (QED) is 0.395. The molecule has 1 nitrogen and oxygen atoms in total. The summed E-state index contributed by atoms with van der Waals surface area (Å²) in [4.78, 5) is 2.50. The van der Waals surface area contributed by atoms with E-state index < -0.39 is 0 Å². The van der Waals surface area contributed by atoms with Gasteiger partial charge in [-0.3, -0.25) is 0 Å². The molecule has 0 aliphatic carbocycles. The molecule has 0 bridgehead atoms. The van der Waals surface area contributed by atoms with Crippen molar-refractivity contribution in [1.29, 1.82) is 0 Å². The van der Waals surface area contributed by atoms with Crippen molar-refractivity contribution in [1.82, 2.24) is 4.90 Å². The highest BCUT2D eigenvalue weighted by molar-refractivity contribution is 7.80. The van der Waals surface area contributed by atoms with Crippen LogP contribution in [0.15, 0.2) is 0 Å². The zero-order valence-corrected chi connectivity index (χ0v) is 13.1. The summed E-state index contributed by atoms with van der Waals surface area (Å²) in [6, 6.07) is 0. The smallest absolute Gasteiger partial charge is 0.000387 e. The molecule has 0 aliphatic heterocycles. The SMILES string of the molecule is CCC(C)CN(C)CCCCCCCCCS. The first-order valence-corrected chi connectivity index (χ1v) is 8.13. The summed E-state index contributed by atoms with van der Waals surface area (Å²) in [7, 11) is 2.26. The van der Waals surface area contributed by atoms with Gasteiger partial charge in [0.15, 0.2) is 0 Å². The fourth-order valence-corrected chi connectivity index (χ4v) is 2.35. The van der Waals surface area contributed by atoms with Gasteiger partial charge in [0.05, 0.1) is 0 Å². The largest absolute Gasteiger partial charge is 0.306 e. The Labute approximate surface area is 115 Å². The van der Waals surface area contributed by atoms with Crippen LogP contribution in [0.2, 0.25) is 0 Å². The standard InChI is InChI=1S/C15H33NS/c1-4-15(2)14-16(3)12-10-8-6-5-7-9-11-13-17/h15,17H,4-14H2,1-3H3. The van der Waals surface area contributed by atoms with Crippen LogP contribution in [0.5, 0.6) is 0 Å². The Morgan fingerprint density at radius 2 is 1.47 bits per heavy atom. The predicted molar refractivity (Wildman–Crippen MR) is 83.1 cm³/mol. The summed E-state index contributed by atoms with van der Waals surface area (Å²) < 4.78 is 0. The lowest BCUT2D eigenvalue weighted by atomic mass is 10.1. The van der Waals surface area contributed by atoms with E-state index in [0.717, 1.165) is 11.7 Å². The second kappa shape index (κ2) is 12.8. The van der Waals surface area contributed by atoms with E-state index in [-0.39, 0.29) is 0 Å². The lowest BCUT2D eigenvalue weighted by Gasteiger charge is -2.20. The molecule has 104 valence electrons. The molecule has 1 unspecified atom stereocenters. The van der Waals surface area contributed by atoms with Crippen molar-refractivity contribution in [3.63, 3.8) is 0 Å². The molecule has 0 fully saturated rings. The summed E-state index contributed by atoms with van der Waals surface area (Å²) in [5.74, 6) is 1.90. The number of rotatable bonds is 12. The van der Waals surface area contributed by atoms with Gasteiger partial charge in [0.1, 0.15) is 0 Å². The monoisotopic (exact) mass is 259 g/mol. The van der Waals surface area contributed by atoms with Crippen molar-refractivity contribution in [2.75, 3.05) is 25.9 Å². The third-order valence-corrected chi connectivity index (χ3v) is 3.83. The van der Waals surface area contributed by atoms with E-state index in [1.165, 1.54) is 64.5 Å². The van der Waals surface area contributed by atoms with Gasteiger partial charge >= 0.3 is 0 Å². The molecule has 1 atom stereocenters. The first kappa shape index (κ1) is 17.3. The second-order valence-electron chi connectivity index (χ2n) is 5.47. The number of hydrogen-bond donors (Lipinski definition) is 1. The van der Waals surface area contributed by atoms with Gasteiger partial charge < -0.3 is 4.90 Å². The topological polar surface area (TPSA) is 3.24 Å². The number of nitrogens with zero attached hydrogens (tertiary/aromatic N) is 1. The molecule has 0 rings (SSSR count). The van der Waals surface area contributed by atoms with Crippen LogP contribution in [0.3, 0.4) is 0 Å². The minimum absolute atomic E-state index is 0.848. The van der Waals surface area contributed by atoms with E-state index in [4.69, 9.17) is 0 Å². The minimum Gasteiger partial charge on any atom is -0.306 e. The van der Waals surface area contributed by atoms with Crippen LogP contribution in [0.4, 0.5) is 0 Å². The molecular formula is C15H33NS. The number of hydrogen-bond acceptors (Lipinski definition) is 2. The second-order valence-corrected chi connectivity index (χ2v) is 5.92. The average Bonchev–Trinajstić information content (AvgIpc) is 2.32. The summed E-state index contributed by atoms with van der Waals surface area (Å²) in [6.45, 7) is 7.17. The van der Waals surface area contributed by atoms with E-state index in [1.807, 2.05) is 0 Å². The van der Waals surface area contributed by atoms with Gasteiger partial charge in [-0.25, -0.2) is 0 Å². The fourth-order valence-electron chi connectivity index (χ4n) is 2.13. The van der Waals surface area contributed by atoms with Crippen molar-refractivity contribution in [3.05, 3.63) is 0 Å². The average molecular weight is 260 g/mol. The molecule has 0 heterocycles. The molecule has 0 saturated heterocycles. The van der Waals surface area contributed by atoms with Crippen molar-refractivity contribution < 1.29 is 0 Å². The maximum Gasteiger partial charge on any atom is 0.000387 e. The molecule has 0 aromatic rings.